The van der Waals surface area contributed by atoms with Gasteiger partial charge in [-0.15, -0.1) is 0 Å². The molecule has 1 unspecified atom stereocenters. The summed E-state index contributed by atoms with van der Waals surface area (Å²) >= 11 is 0. The van der Waals surface area contributed by atoms with Crippen molar-refractivity contribution >= 4 is 0 Å². The van der Waals surface area contributed by atoms with Crippen LogP contribution >= 0.6 is 0 Å². The van der Waals surface area contributed by atoms with Crippen molar-refractivity contribution in [2.45, 2.75) is 25.3 Å². The summed E-state index contributed by atoms with van der Waals surface area (Å²) in [4.78, 5) is 0. The van der Waals surface area contributed by atoms with Crippen LogP contribution in [0.3, 0.4) is 0 Å². The van der Waals surface area contributed by atoms with Crippen LogP contribution in [0.2, 0.25) is 0 Å². The van der Waals surface area contributed by atoms with Crippen LogP contribution < -0.4 is 4.74 Å². The maximum Gasteiger partial charge on any atom is 0.419 e. The molecule has 1 atom stereocenters. The number of halogens is 4. The number of rotatable bonds is 6. The average Bonchev–Trinajstić information content (AvgIpc) is 2.50. The second kappa shape index (κ2) is 7.19. The van der Waals surface area contributed by atoms with Crippen molar-refractivity contribution in [3.05, 3.63) is 59.9 Å². The smallest absolute Gasteiger partial charge is 0.419 e. The Balaban J connectivity index is 2.01. The summed E-state index contributed by atoms with van der Waals surface area (Å²) in [5.41, 5.74) is -2.53. The van der Waals surface area contributed by atoms with E-state index in [0.717, 1.165) is 6.07 Å². The van der Waals surface area contributed by atoms with Gasteiger partial charge in [-0.25, -0.2) is 4.39 Å². The minimum absolute atomic E-state index is 0.0649. The SMILES string of the molecule is CC(O)(COCc1ccc(F)c(Oc2ccccc2)c1)C(F)(F)F. The highest BCUT2D eigenvalue weighted by Gasteiger charge is 2.50. The molecule has 0 aliphatic carbocycles. The maximum absolute atomic E-state index is 13.8. The summed E-state index contributed by atoms with van der Waals surface area (Å²) in [6.07, 6.45) is -4.79. The molecule has 0 saturated heterocycles. The van der Waals surface area contributed by atoms with Crippen molar-refractivity contribution < 1.29 is 32.1 Å². The molecule has 0 radical (unpaired) electrons. The molecule has 7 heteroatoms. The van der Waals surface area contributed by atoms with E-state index in [2.05, 4.69) is 0 Å². The van der Waals surface area contributed by atoms with Crippen molar-refractivity contribution in [1.29, 1.82) is 0 Å². The lowest BCUT2D eigenvalue weighted by Gasteiger charge is -2.25. The third kappa shape index (κ3) is 4.69. The lowest BCUT2D eigenvalue weighted by molar-refractivity contribution is -0.268. The molecule has 0 heterocycles. The zero-order chi connectivity index (χ0) is 17.8. The zero-order valence-electron chi connectivity index (χ0n) is 12.8. The van der Waals surface area contributed by atoms with Gasteiger partial charge in [0.05, 0.1) is 13.2 Å². The van der Waals surface area contributed by atoms with Gasteiger partial charge in [0, 0.05) is 0 Å². The Morgan fingerprint density at radius 1 is 1.04 bits per heavy atom. The fraction of sp³-hybridized carbons (Fsp3) is 0.294. The number of alkyl halides is 3. The highest BCUT2D eigenvalue weighted by atomic mass is 19.4. The minimum Gasteiger partial charge on any atom is -0.454 e. The molecule has 0 aliphatic heterocycles. The van der Waals surface area contributed by atoms with Gasteiger partial charge >= 0.3 is 6.18 Å². The predicted octanol–water partition coefficient (Wildman–Crippen LogP) is 4.45. The van der Waals surface area contributed by atoms with Crippen molar-refractivity contribution in [2.75, 3.05) is 6.61 Å². The van der Waals surface area contributed by atoms with E-state index < -0.39 is 24.2 Å². The van der Waals surface area contributed by atoms with Crippen LogP contribution in [0.1, 0.15) is 12.5 Å². The van der Waals surface area contributed by atoms with Gasteiger partial charge in [-0.1, -0.05) is 24.3 Å². The van der Waals surface area contributed by atoms with E-state index in [0.29, 0.717) is 18.2 Å². The molecule has 24 heavy (non-hydrogen) atoms. The van der Waals surface area contributed by atoms with Crippen LogP contribution in [0.15, 0.2) is 48.5 Å². The number of ether oxygens (including phenoxy) is 2. The van der Waals surface area contributed by atoms with E-state index in [-0.39, 0.29) is 12.4 Å². The second-order valence-corrected chi connectivity index (χ2v) is 5.44. The molecule has 1 N–H and O–H groups in total. The second-order valence-electron chi connectivity index (χ2n) is 5.44. The molecule has 2 rings (SSSR count). The number of hydrogen-bond donors (Lipinski definition) is 1. The van der Waals surface area contributed by atoms with Gasteiger partial charge in [0.1, 0.15) is 5.75 Å². The Labute approximate surface area is 136 Å². The maximum atomic E-state index is 13.8. The van der Waals surface area contributed by atoms with E-state index in [4.69, 9.17) is 9.47 Å². The van der Waals surface area contributed by atoms with Gasteiger partial charge < -0.3 is 14.6 Å². The van der Waals surface area contributed by atoms with Crippen molar-refractivity contribution in [3.8, 4) is 11.5 Å². The first-order chi connectivity index (χ1) is 11.2. The Hall–Kier alpha value is -2.12. The summed E-state index contributed by atoms with van der Waals surface area (Å²) in [5, 5.41) is 9.29. The van der Waals surface area contributed by atoms with Crippen LogP contribution in [0, 0.1) is 5.82 Å². The van der Waals surface area contributed by atoms with Crippen LogP contribution in [0.5, 0.6) is 11.5 Å². The monoisotopic (exact) mass is 344 g/mol. The van der Waals surface area contributed by atoms with E-state index in [1.807, 2.05) is 0 Å². The van der Waals surface area contributed by atoms with Gasteiger partial charge in [-0.3, -0.25) is 0 Å². The normalized spacial score (nSPS) is 14.2. The highest BCUT2D eigenvalue weighted by molar-refractivity contribution is 5.35. The summed E-state index contributed by atoms with van der Waals surface area (Å²) in [7, 11) is 0. The fourth-order valence-corrected chi connectivity index (χ4v) is 1.78. The molecular formula is C17H16F4O3. The summed E-state index contributed by atoms with van der Waals surface area (Å²) < 4.78 is 61.6. The standard InChI is InChI=1S/C17H16F4O3/c1-16(22,17(19,20)21)11-23-10-12-7-8-14(18)15(9-12)24-13-5-3-2-4-6-13/h2-9,22H,10-11H2,1H3. The lowest BCUT2D eigenvalue weighted by atomic mass is 10.1. The highest BCUT2D eigenvalue weighted by Crippen LogP contribution is 2.30. The zero-order valence-corrected chi connectivity index (χ0v) is 12.8. The quantitative estimate of drug-likeness (QED) is 0.787. The van der Waals surface area contributed by atoms with Crippen LogP contribution in [-0.4, -0.2) is 23.5 Å². The Morgan fingerprint density at radius 3 is 2.33 bits per heavy atom. The molecule has 0 aromatic heterocycles. The molecule has 2 aromatic carbocycles. The topological polar surface area (TPSA) is 38.7 Å². The largest absolute Gasteiger partial charge is 0.454 e. The molecule has 0 bridgehead atoms. The molecule has 0 spiro atoms. The molecule has 0 amide bonds. The van der Waals surface area contributed by atoms with Gasteiger partial charge in [0.25, 0.3) is 0 Å². The Morgan fingerprint density at radius 2 is 1.71 bits per heavy atom. The summed E-state index contributed by atoms with van der Waals surface area (Å²) in [6.45, 7) is -0.526. The van der Waals surface area contributed by atoms with Crippen LogP contribution in [0.25, 0.3) is 0 Å². The fourth-order valence-electron chi connectivity index (χ4n) is 1.78. The summed E-state index contributed by atoms with van der Waals surface area (Å²) in [5.74, 6) is -0.246. The number of benzene rings is 2. The Bertz CT molecular complexity index is 669. The Kier molecular flexibility index (Phi) is 5.46. The molecular weight excluding hydrogens is 328 g/mol. The van der Waals surface area contributed by atoms with E-state index >= 15 is 0 Å². The molecule has 0 fully saturated rings. The molecule has 130 valence electrons. The number of aliphatic hydroxyl groups is 1. The van der Waals surface area contributed by atoms with E-state index in [1.54, 1.807) is 30.3 Å². The lowest BCUT2D eigenvalue weighted by Crippen LogP contribution is -2.46. The van der Waals surface area contributed by atoms with Crippen molar-refractivity contribution in [1.82, 2.24) is 0 Å². The third-order valence-corrected chi connectivity index (χ3v) is 3.23. The van der Waals surface area contributed by atoms with Gasteiger partial charge in [0.2, 0.25) is 0 Å². The minimum atomic E-state index is -4.79. The molecule has 0 aliphatic rings. The van der Waals surface area contributed by atoms with E-state index in [9.17, 15) is 22.7 Å². The van der Waals surface area contributed by atoms with Crippen molar-refractivity contribution in [2.24, 2.45) is 0 Å². The van der Waals surface area contributed by atoms with Gasteiger partial charge in [-0.2, -0.15) is 13.2 Å². The molecule has 0 saturated carbocycles. The van der Waals surface area contributed by atoms with Gasteiger partial charge in [0.15, 0.2) is 17.2 Å². The third-order valence-electron chi connectivity index (χ3n) is 3.23. The number of para-hydroxylation sites is 1. The van der Waals surface area contributed by atoms with Gasteiger partial charge in [-0.05, 0) is 36.8 Å². The van der Waals surface area contributed by atoms with Crippen LogP contribution in [0.4, 0.5) is 17.6 Å². The van der Waals surface area contributed by atoms with E-state index in [1.165, 1.54) is 12.1 Å². The molecule has 2 aromatic rings. The van der Waals surface area contributed by atoms with Crippen LogP contribution in [-0.2, 0) is 11.3 Å². The predicted molar refractivity (Wildman–Crippen MR) is 79.3 cm³/mol. The first-order valence-corrected chi connectivity index (χ1v) is 7.07. The number of hydrogen-bond acceptors (Lipinski definition) is 3. The average molecular weight is 344 g/mol. The first kappa shape index (κ1) is 18.2. The molecule has 3 nitrogen and oxygen atoms in total. The van der Waals surface area contributed by atoms with Crippen molar-refractivity contribution in [3.63, 3.8) is 0 Å². The summed E-state index contributed by atoms with van der Waals surface area (Å²) in [6, 6.07) is 12.4. The first-order valence-electron chi connectivity index (χ1n) is 7.07.